The average molecular weight is 208 g/mol. The minimum atomic E-state index is -3.67. The van der Waals surface area contributed by atoms with E-state index in [9.17, 15) is 17.7 Å². The standard InChI is InChI=1S/C8H8O.BF3.FH/c1-7-2-4-8(6-9)5-3-7;2-1(3)4;/h2-6H,1H3;;1H. The Hall–Kier alpha value is -1.33. The van der Waals surface area contributed by atoms with Crippen LogP contribution in [-0.4, -0.2) is 13.8 Å². The lowest BCUT2D eigenvalue weighted by Gasteiger charge is -1.89. The van der Waals surface area contributed by atoms with Crippen LogP contribution in [0.25, 0.3) is 0 Å². The van der Waals surface area contributed by atoms with Gasteiger partial charge in [-0.05, 0) is 6.92 Å². The van der Waals surface area contributed by atoms with Gasteiger partial charge >= 0.3 is 7.54 Å². The fourth-order valence-corrected chi connectivity index (χ4v) is 0.645. The van der Waals surface area contributed by atoms with Crippen molar-refractivity contribution in [1.29, 1.82) is 0 Å². The predicted octanol–water partition coefficient (Wildman–Crippen LogP) is 2.84. The third-order valence-electron chi connectivity index (χ3n) is 1.21. The highest BCUT2D eigenvalue weighted by Gasteiger charge is 2.06. The third-order valence-corrected chi connectivity index (χ3v) is 1.21. The van der Waals surface area contributed by atoms with Gasteiger partial charge in [-0.2, -0.15) is 0 Å². The molecule has 1 rings (SSSR count). The molecule has 0 saturated carbocycles. The number of carbonyl (C=O) groups excluding carboxylic acids is 1. The fourth-order valence-electron chi connectivity index (χ4n) is 0.645. The molecule has 0 bridgehead atoms. The molecule has 1 nitrogen and oxygen atoms in total. The molecule has 0 heterocycles. The van der Waals surface area contributed by atoms with Gasteiger partial charge in [-0.3, -0.25) is 22.4 Å². The Morgan fingerprint density at radius 1 is 1.14 bits per heavy atom. The summed E-state index contributed by atoms with van der Waals surface area (Å²) < 4.78 is 29.0. The molecule has 0 aliphatic heterocycles. The minimum Gasteiger partial charge on any atom is -0.298 e. The highest BCUT2D eigenvalue weighted by atomic mass is 19.4. The largest absolute Gasteiger partial charge is 0.762 e. The van der Waals surface area contributed by atoms with Gasteiger partial charge < -0.3 is 0 Å². The SMILES string of the molecule is Cc1ccc(C=O)cc1.F.FB(F)F. The fraction of sp³-hybridized carbons (Fsp3) is 0.125. The van der Waals surface area contributed by atoms with Crippen LogP contribution in [0.4, 0.5) is 17.7 Å². The summed E-state index contributed by atoms with van der Waals surface area (Å²) in [6.07, 6.45) is 0.847. The number of hydrogen-bond acceptors (Lipinski definition) is 1. The average Bonchev–Trinajstić information content (AvgIpc) is 2.05. The van der Waals surface area contributed by atoms with Crippen molar-refractivity contribution in [1.82, 2.24) is 0 Å². The van der Waals surface area contributed by atoms with Gasteiger partial charge in [-0.25, -0.2) is 0 Å². The van der Waals surface area contributed by atoms with E-state index >= 15 is 0 Å². The van der Waals surface area contributed by atoms with E-state index in [0.29, 0.717) is 0 Å². The van der Waals surface area contributed by atoms with E-state index in [-0.39, 0.29) is 4.70 Å². The first kappa shape index (κ1) is 15.2. The second kappa shape index (κ2) is 8.28. The number of aldehydes is 1. The first-order chi connectivity index (χ1) is 6.06. The molecule has 78 valence electrons. The van der Waals surface area contributed by atoms with Crippen LogP contribution in [0.3, 0.4) is 0 Å². The van der Waals surface area contributed by atoms with Crippen molar-refractivity contribution in [3.05, 3.63) is 35.4 Å². The van der Waals surface area contributed by atoms with E-state index in [1.54, 1.807) is 0 Å². The normalized spacial score (nSPS) is 7.71. The topological polar surface area (TPSA) is 17.1 Å². The van der Waals surface area contributed by atoms with Gasteiger partial charge in [0.2, 0.25) is 0 Å². The molecule has 0 saturated heterocycles. The zero-order chi connectivity index (χ0) is 10.3. The molecule has 0 aliphatic carbocycles. The first-order valence-electron chi connectivity index (χ1n) is 3.50. The van der Waals surface area contributed by atoms with Crippen LogP contribution >= 0.6 is 0 Å². The Kier molecular flexibility index (Phi) is 8.97. The molecule has 0 radical (unpaired) electrons. The van der Waals surface area contributed by atoms with E-state index in [1.165, 1.54) is 5.56 Å². The number of aryl methyl sites for hydroxylation is 1. The molecule has 0 aliphatic rings. The molecule has 0 aromatic heterocycles. The maximum absolute atomic E-state index is 10.1. The van der Waals surface area contributed by atoms with Crippen molar-refractivity contribution >= 4 is 13.8 Å². The van der Waals surface area contributed by atoms with Crippen LogP contribution in [0.2, 0.25) is 0 Å². The van der Waals surface area contributed by atoms with E-state index in [4.69, 9.17) is 0 Å². The molecule has 0 fully saturated rings. The van der Waals surface area contributed by atoms with Gasteiger partial charge in [0, 0.05) is 5.56 Å². The molecule has 0 spiro atoms. The van der Waals surface area contributed by atoms with Crippen molar-refractivity contribution in [2.45, 2.75) is 6.92 Å². The summed E-state index contributed by atoms with van der Waals surface area (Å²) >= 11 is 0. The highest BCUT2D eigenvalue weighted by Crippen LogP contribution is 1.98. The van der Waals surface area contributed by atoms with Crippen LogP contribution in [0, 0.1) is 6.92 Å². The van der Waals surface area contributed by atoms with Crippen molar-refractivity contribution in [3.63, 3.8) is 0 Å². The Morgan fingerprint density at radius 2 is 1.50 bits per heavy atom. The molecule has 6 heteroatoms. The smallest absolute Gasteiger partial charge is 0.298 e. The lowest BCUT2D eigenvalue weighted by Crippen LogP contribution is -1.77. The van der Waals surface area contributed by atoms with Gasteiger partial charge in [0.15, 0.2) is 0 Å². The van der Waals surface area contributed by atoms with Crippen molar-refractivity contribution < 1.29 is 22.4 Å². The van der Waals surface area contributed by atoms with Crippen LogP contribution in [-0.2, 0) is 0 Å². The summed E-state index contributed by atoms with van der Waals surface area (Å²) in [6, 6.07) is 7.46. The summed E-state index contributed by atoms with van der Waals surface area (Å²) in [6.45, 7) is 1.99. The Balaban J connectivity index is 0. The quantitative estimate of drug-likeness (QED) is 0.394. The van der Waals surface area contributed by atoms with E-state index in [0.717, 1.165) is 11.8 Å². The van der Waals surface area contributed by atoms with Gasteiger partial charge in [0.25, 0.3) is 0 Å². The molecule has 0 amide bonds. The monoisotopic (exact) mass is 208 g/mol. The summed E-state index contributed by atoms with van der Waals surface area (Å²) in [5.41, 5.74) is 1.92. The zero-order valence-corrected chi connectivity index (χ0v) is 7.41. The van der Waals surface area contributed by atoms with Gasteiger partial charge in [-0.15, -0.1) is 0 Å². The zero-order valence-electron chi connectivity index (χ0n) is 7.41. The van der Waals surface area contributed by atoms with Crippen LogP contribution in [0.5, 0.6) is 0 Å². The lowest BCUT2D eigenvalue weighted by molar-refractivity contribution is 0.112. The number of halogens is 4. The molecule has 1 aromatic carbocycles. The Labute approximate surface area is 79.5 Å². The highest BCUT2D eigenvalue weighted by molar-refractivity contribution is 6.33. The van der Waals surface area contributed by atoms with E-state index in [1.807, 2.05) is 31.2 Å². The van der Waals surface area contributed by atoms with Gasteiger partial charge in [0.1, 0.15) is 6.29 Å². The third kappa shape index (κ3) is 8.77. The second-order valence-corrected chi connectivity index (χ2v) is 2.28. The second-order valence-electron chi connectivity index (χ2n) is 2.28. The molecule has 1 aromatic rings. The number of benzene rings is 1. The first-order valence-corrected chi connectivity index (χ1v) is 3.50. The van der Waals surface area contributed by atoms with Crippen molar-refractivity contribution in [3.8, 4) is 0 Å². The van der Waals surface area contributed by atoms with Crippen molar-refractivity contribution in [2.75, 3.05) is 0 Å². The van der Waals surface area contributed by atoms with E-state index < -0.39 is 7.54 Å². The molecule has 0 atom stereocenters. The van der Waals surface area contributed by atoms with Gasteiger partial charge in [-0.1, -0.05) is 29.8 Å². The van der Waals surface area contributed by atoms with Gasteiger partial charge in [0.05, 0.1) is 0 Å². The molecular formula is C8H9BF4O. The molecule has 0 unspecified atom stereocenters. The Morgan fingerprint density at radius 3 is 1.79 bits per heavy atom. The van der Waals surface area contributed by atoms with E-state index in [2.05, 4.69) is 0 Å². The summed E-state index contributed by atoms with van der Waals surface area (Å²) in [7, 11) is -3.67. The molecule has 14 heavy (non-hydrogen) atoms. The summed E-state index contributed by atoms with van der Waals surface area (Å²) in [5, 5.41) is 0. The summed E-state index contributed by atoms with van der Waals surface area (Å²) in [4.78, 5) is 10.1. The maximum Gasteiger partial charge on any atom is 0.762 e. The number of hydrogen-bond donors (Lipinski definition) is 0. The number of carbonyl (C=O) groups is 1. The van der Waals surface area contributed by atoms with Crippen LogP contribution in [0.1, 0.15) is 15.9 Å². The minimum absolute atomic E-state index is 0. The van der Waals surface area contributed by atoms with Crippen molar-refractivity contribution in [2.24, 2.45) is 0 Å². The predicted molar refractivity (Wildman–Crippen MR) is 48.1 cm³/mol. The van der Waals surface area contributed by atoms with Crippen LogP contribution in [0.15, 0.2) is 24.3 Å². The number of rotatable bonds is 1. The summed E-state index contributed by atoms with van der Waals surface area (Å²) in [5.74, 6) is 0. The Bertz CT molecular complexity index is 247. The molecule has 0 N–H and O–H groups in total. The lowest BCUT2D eigenvalue weighted by atomic mass is 10.2. The molecular weight excluding hydrogens is 199 g/mol. The maximum atomic E-state index is 10.1. The van der Waals surface area contributed by atoms with Crippen LogP contribution < -0.4 is 0 Å².